The fourth-order valence-electron chi connectivity index (χ4n) is 11.9. The lowest BCUT2D eigenvalue weighted by Gasteiger charge is -2.39. The molecule has 10 heteroatoms. The van der Waals surface area contributed by atoms with Gasteiger partial charge in [-0.15, -0.1) is 0 Å². The van der Waals surface area contributed by atoms with Crippen LogP contribution in [0.2, 0.25) is 0 Å². The summed E-state index contributed by atoms with van der Waals surface area (Å²) in [5, 5.41) is 34.0. The third-order valence-electron chi connectivity index (χ3n) is 13.9. The van der Waals surface area contributed by atoms with Gasteiger partial charge in [0.05, 0.1) is 49.3 Å². The molecular weight excluding hydrogens is 750 g/mol. The Kier molecular flexibility index (Phi) is 8.36. The fourth-order valence-corrected chi connectivity index (χ4v) is 14.1. The second-order valence-electron chi connectivity index (χ2n) is 15.8. The minimum Gasteiger partial charge on any atom is -0.286 e. The van der Waals surface area contributed by atoms with Crippen LogP contribution in [0.25, 0.3) is 0 Å². The van der Waals surface area contributed by atoms with Gasteiger partial charge in [-0.05, 0) is 92.8 Å². The Morgan fingerprint density at radius 3 is 0.929 bits per heavy atom. The van der Waals surface area contributed by atoms with Gasteiger partial charge in [-0.1, -0.05) is 83.7 Å². The molecule has 4 saturated carbocycles. The molecule has 8 bridgehead atoms. The van der Waals surface area contributed by atoms with Crippen molar-refractivity contribution >= 4 is 45.2 Å². The predicted octanol–water partition coefficient (Wildman–Crippen LogP) is 3.43. The zero-order valence-corrected chi connectivity index (χ0v) is 29.4. The van der Waals surface area contributed by atoms with Crippen LogP contribution in [0.5, 0.6) is 0 Å². The molecule has 0 aromatic heterocycles. The summed E-state index contributed by atoms with van der Waals surface area (Å²) < 4.78 is 1.47. The van der Waals surface area contributed by atoms with Crippen molar-refractivity contribution in [1.29, 1.82) is 0 Å². The van der Waals surface area contributed by atoms with E-state index in [0.717, 1.165) is 39.4 Å². The molecule has 8 nitrogen and oxygen atoms in total. The second-order valence-corrected chi connectivity index (χ2v) is 18.8. The summed E-state index contributed by atoms with van der Waals surface area (Å²) in [5.74, 6) is 5.76. The van der Waals surface area contributed by atoms with E-state index in [4.69, 9.17) is 0 Å². The van der Waals surface area contributed by atoms with E-state index in [1.54, 1.807) is 0 Å². The SMILES string of the molecule is IC1CCC2C3NC4NC(NC5NC(NC6NC(NC(N3)C2C1I)C1CCCCC61)C1CCCCC51)C1CCCCC41. The van der Waals surface area contributed by atoms with Crippen LogP contribution in [0, 0.1) is 47.3 Å². The van der Waals surface area contributed by atoms with E-state index in [1.807, 2.05) is 0 Å². The Morgan fingerprint density at radius 1 is 0.310 bits per heavy atom. The highest BCUT2D eigenvalue weighted by molar-refractivity contribution is 14.1. The summed E-state index contributed by atoms with van der Waals surface area (Å²) in [6, 6.07) is 0. The van der Waals surface area contributed by atoms with Gasteiger partial charge in [0, 0.05) is 13.8 Å². The van der Waals surface area contributed by atoms with Crippen molar-refractivity contribution in [3.05, 3.63) is 0 Å². The molecule has 8 N–H and O–H groups in total. The first-order valence-corrected chi connectivity index (χ1v) is 20.5. The van der Waals surface area contributed by atoms with E-state index in [9.17, 15) is 0 Å². The third-order valence-corrected chi connectivity index (χ3v) is 18.3. The van der Waals surface area contributed by atoms with Crippen molar-refractivity contribution in [2.45, 2.75) is 147 Å². The molecule has 5 heterocycles. The maximum atomic E-state index is 4.30. The van der Waals surface area contributed by atoms with Gasteiger partial charge in [0.25, 0.3) is 0 Å². The van der Waals surface area contributed by atoms with Gasteiger partial charge in [-0.2, -0.15) is 0 Å². The first-order chi connectivity index (χ1) is 20.6. The summed E-state index contributed by atoms with van der Waals surface area (Å²) in [4.78, 5) is 0. The van der Waals surface area contributed by atoms with Crippen molar-refractivity contribution in [3.63, 3.8) is 0 Å². The lowest BCUT2D eigenvalue weighted by atomic mass is 9.76. The molecule has 0 amide bonds. The highest BCUT2D eigenvalue weighted by atomic mass is 127. The van der Waals surface area contributed by atoms with Crippen molar-refractivity contribution in [2.75, 3.05) is 0 Å². The summed E-state index contributed by atoms with van der Waals surface area (Å²) in [5.41, 5.74) is 0. The monoisotopic (exact) mass is 804 g/mol. The van der Waals surface area contributed by atoms with E-state index >= 15 is 0 Å². The smallest absolute Gasteiger partial charge is 0.0639 e. The molecule has 0 aromatic carbocycles. The summed E-state index contributed by atoms with van der Waals surface area (Å²) >= 11 is 5.59. The van der Waals surface area contributed by atoms with Crippen molar-refractivity contribution in [1.82, 2.24) is 42.5 Å². The molecule has 236 valence electrons. The molecule has 0 spiro atoms. The zero-order chi connectivity index (χ0) is 27.9. The quantitative estimate of drug-likeness (QED) is 0.140. The Labute approximate surface area is 280 Å². The molecule has 9 aliphatic rings. The number of nitrogens with one attached hydrogen (secondary N) is 8. The Balaban J connectivity index is 1.06. The summed E-state index contributed by atoms with van der Waals surface area (Å²) in [6.07, 6.45) is 22.4. The van der Waals surface area contributed by atoms with Crippen LogP contribution in [0.3, 0.4) is 0 Å². The van der Waals surface area contributed by atoms with E-state index < -0.39 is 0 Å². The van der Waals surface area contributed by atoms with Crippen LogP contribution in [-0.4, -0.2) is 57.2 Å². The predicted molar refractivity (Wildman–Crippen MR) is 184 cm³/mol. The molecule has 18 atom stereocenters. The molecule has 4 aliphatic carbocycles. The highest BCUT2D eigenvalue weighted by Gasteiger charge is 2.56. The zero-order valence-electron chi connectivity index (χ0n) is 25.0. The van der Waals surface area contributed by atoms with Gasteiger partial charge in [-0.3, -0.25) is 42.5 Å². The largest absolute Gasteiger partial charge is 0.286 e. The summed E-state index contributed by atoms with van der Waals surface area (Å²) in [6.45, 7) is 0. The van der Waals surface area contributed by atoms with Crippen molar-refractivity contribution in [2.24, 2.45) is 47.3 Å². The first kappa shape index (κ1) is 29.3. The minimum absolute atomic E-state index is 0.368. The minimum atomic E-state index is 0.368. The Morgan fingerprint density at radius 2 is 0.595 bits per heavy atom. The van der Waals surface area contributed by atoms with Gasteiger partial charge < -0.3 is 0 Å². The molecule has 5 aliphatic heterocycles. The maximum absolute atomic E-state index is 4.30. The van der Waals surface area contributed by atoms with Crippen LogP contribution in [0.4, 0.5) is 0 Å². The maximum Gasteiger partial charge on any atom is 0.0639 e. The van der Waals surface area contributed by atoms with E-state index in [0.29, 0.717) is 65.1 Å². The average molecular weight is 805 g/mol. The van der Waals surface area contributed by atoms with Gasteiger partial charge in [0.1, 0.15) is 0 Å². The number of hydrogen-bond acceptors (Lipinski definition) is 8. The van der Waals surface area contributed by atoms with Crippen LogP contribution in [0.15, 0.2) is 0 Å². The van der Waals surface area contributed by atoms with E-state index in [1.165, 1.54) is 89.9 Å². The molecular formula is C32H54I2N8. The Hall–Kier alpha value is 1.14. The van der Waals surface area contributed by atoms with Gasteiger partial charge >= 0.3 is 0 Å². The normalized spacial score (nSPS) is 59.0. The van der Waals surface area contributed by atoms with Gasteiger partial charge in [0.2, 0.25) is 0 Å². The fraction of sp³-hybridized carbons (Fsp3) is 1.00. The average Bonchev–Trinajstić information content (AvgIpc) is 3.74. The lowest BCUT2D eigenvalue weighted by Crippen LogP contribution is -2.62. The number of rotatable bonds is 0. The van der Waals surface area contributed by atoms with Crippen molar-refractivity contribution in [3.8, 4) is 0 Å². The number of halogens is 2. The van der Waals surface area contributed by atoms with E-state index in [2.05, 4.69) is 87.7 Å². The molecule has 0 radical (unpaired) electrons. The topological polar surface area (TPSA) is 96.2 Å². The van der Waals surface area contributed by atoms with Crippen LogP contribution < -0.4 is 42.5 Å². The molecule has 0 aromatic rings. The van der Waals surface area contributed by atoms with Crippen LogP contribution in [0.1, 0.15) is 89.9 Å². The molecule has 42 heavy (non-hydrogen) atoms. The van der Waals surface area contributed by atoms with Gasteiger partial charge in [-0.25, -0.2) is 0 Å². The number of alkyl halides is 2. The first-order valence-electron chi connectivity index (χ1n) is 18.0. The molecule has 9 fully saturated rings. The molecule has 18 unspecified atom stereocenters. The van der Waals surface area contributed by atoms with Crippen LogP contribution >= 0.6 is 45.2 Å². The summed E-state index contributed by atoms with van der Waals surface area (Å²) in [7, 11) is 0. The number of hydrogen-bond donors (Lipinski definition) is 8. The third kappa shape index (κ3) is 5.00. The number of fused-ring (bicyclic) bond motifs is 20. The van der Waals surface area contributed by atoms with Crippen LogP contribution in [-0.2, 0) is 0 Å². The second kappa shape index (κ2) is 12.0. The highest BCUT2D eigenvalue weighted by Crippen LogP contribution is 2.47. The lowest BCUT2D eigenvalue weighted by molar-refractivity contribution is 0.171. The molecule has 9 rings (SSSR count). The standard InChI is InChI=1S/C32H54I2N8/c33-22-14-13-21-23(24(22)34)32-41-30-20-12-6-5-11-19(20)28(39-30)37-26-16-8-2-1-7-15(16)25(35-26)36-27-17-9-3-4-10-18(17)29(38-27)40-31(21)42-32/h15-32,35-42H,1-14H2. The van der Waals surface area contributed by atoms with Gasteiger partial charge in [0.15, 0.2) is 0 Å². The Bertz CT molecular complexity index is 988. The van der Waals surface area contributed by atoms with E-state index in [-0.39, 0.29) is 0 Å². The molecule has 5 saturated heterocycles. The van der Waals surface area contributed by atoms with Crippen molar-refractivity contribution < 1.29 is 0 Å².